The Kier molecular flexibility index (Phi) is 7.22. The largest absolute Gasteiger partial charge is 0.316 e. The van der Waals surface area contributed by atoms with Gasteiger partial charge < -0.3 is 5.32 Å². The van der Waals surface area contributed by atoms with Crippen molar-refractivity contribution in [3.8, 4) is 0 Å². The molecule has 1 heterocycles. The molecular weight excluding hydrogens is 282 g/mol. The van der Waals surface area contributed by atoms with Crippen molar-refractivity contribution in [2.45, 2.75) is 67.3 Å². The topological polar surface area (TPSA) is 29.9 Å². The lowest BCUT2D eigenvalue weighted by Gasteiger charge is -2.25. The SMILES string of the molecule is CCc1nn(CC)c(CC(C)(C)CCNCC(C)C)c1Cl. The lowest BCUT2D eigenvalue weighted by molar-refractivity contribution is 0.313. The normalized spacial score (nSPS) is 12.4. The van der Waals surface area contributed by atoms with E-state index in [0.29, 0.717) is 5.92 Å². The number of aromatic nitrogens is 2. The van der Waals surface area contributed by atoms with E-state index in [1.54, 1.807) is 0 Å². The second-order valence-electron chi connectivity index (χ2n) is 7.07. The van der Waals surface area contributed by atoms with Gasteiger partial charge in [0, 0.05) is 6.54 Å². The smallest absolute Gasteiger partial charge is 0.0850 e. The van der Waals surface area contributed by atoms with Gasteiger partial charge >= 0.3 is 0 Å². The monoisotopic (exact) mass is 313 g/mol. The van der Waals surface area contributed by atoms with Gasteiger partial charge in [-0.25, -0.2) is 0 Å². The quantitative estimate of drug-likeness (QED) is 0.688. The molecule has 4 heteroatoms. The molecule has 0 unspecified atom stereocenters. The zero-order chi connectivity index (χ0) is 16.0. The van der Waals surface area contributed by atoms with Crippen molar-refractivity contribution in [3.05, 3.63) is 16.4 Å². The van der Waals surface area contributed by atoms with E-state index >= 15 is 0 Å². The van der Waals surface area contributed by atoms with Crippen molar-refractivity contribution in [2.75, 3.05) is 13.1 Å². The first kappa shape index (κ1) is 18.5. The number of aryl methyl sites for hydroxylation is 2. The maximum Gasteiger partial charge on any atom is 0.0850 e. The van der Waals surface area contributed by atoms with E-state index in [0.717, 1.165) is 49.6 Å². The third kappa shape index (κ3) is 5.63. The van der Waals surface area contributed by atoms with Gasteiger partial charge in [0.05, 0.1) is 16.4 Å². The minimum absolute atomic E-state index is 0.228. The zero-order valence-electron chi connectivity index (χ0n) is 14.6. The van der Waals surface area contributed by atoms with Crippen LogP contribution >= 0.6 is 11.6 Å². The fourth-order valence-corrected chi connectivity index (χ4v) is 2.88. The average Bonchev–Trinajstić information content (AvgIpc) is 2.71. The van der Waals surface area contributed by atoms with E-state index in [4.69, 9.17) is 11.6 Å². The van der Waals surface area contributed by atoms with Crippen LogP contribution in [0.25, 0.3) is 0 Å². The third-order valence-electron chi connectivity index (χ3n) is 3.87. The van der Waals surface area contributed by atoms with E-state index < -0.39 is 0 Å². The van der Waals surface area contributed by atoms with Crippen molar-refractivity contribution < 1.29 is 0 Å². The fraction of sp³-hybridized carbons (Fsp3) is 0.824. The minimum atomic E-state index is 0.228. The molecule has 3 nitrogen and oxygen atoms in total. The fourth-order valence-electron chi connectivity index (χ4n) is 2.55. The first-order valence-electron chi connectivity index (χ1n) is 8.25. The highest BCUT2D eigenvalue weighted by molar-refractivity contribution is 6.31. The summed E-state index contributed by atoms with van der Waals surface area (Å²) in [5.74, 6) is 0.705. The van der Waals surface area contributed by atoms with Crippen LogP contribution in [0.2, 0.25) is 5.02 Å². The number of halogens is 1. The van der Waals surface area contributed by atoms with Crippen molar-refractivity contribution in [1.82, 2.24) is 15.1 Å². The summed E-state index contributed by atoms with van der Waals surface area (Å²) in [6.45, 7) is 16.4. The summed E-state index contributed by atoms with van der Waals surface area (Å²) in [5.41, 5.74) is 2.46. The predicted molar refractivity (Wildman–Crippen MR) is 92.1 cm³/mol. The molecule has 1 aromatic heterocycles. The van der Waals surface area contributed by atoms with E-state index in [1.165, 1.54) is 5.69 Å². The highest BCUT2D eigenvalue weighted by Crippen LogP contribution is 2.31. The highest BCUT2D eigenvalue weighted by Gasteiger charge is 2.24. The summed E-state index contributed by atoms with van der Waals surface area (Å²) >= 11 is 6.52. The zero-order valence-corrected chi connectivity index (χ0v) is 15.3. The van der Waals surface area contributed by atoms with Crippen LogP contribution < -0.4 is 5.32 Å². The van der Waals surface area contributed by atoms with Gasteiger partial charge in [0.25, 0.3) is 0 Å². The molecule has 0 aliphatic carbocycles. The molecule has 122 valence electrons. The van der Waals surface area contributed by atoms with Crippen molar-refractivity contribution in [2.24, 2.45) is 11.3 Å². The number of nitrogens with zero attached hydrogens (tertiary/aromatic N) is 2. The molecule has 0 aliphatic rings. The Hall–Kier alpha value is -0.540. The number of hydrogen-bond donors (Lipinski definition) is 1. The second-order valence-corrected chi connectivity index (χ2v) is 7.44. The summed E-state index contributed by atoms with van der Waals surface area (Å²) in [5, 5.41) is 9.03. The van der Waals surface area contributed by atoms with Gasteiger partial charge in [-0.1, -0.05) is 46.2 Å². The number of nitrogens with one attached hydrogen (secondary N) is 1. The molecule has 0 aromatic carbocycles. The Morgan fingerprint density at radius 3 is 2.48 bits per heavy atom. The van der Waals surface area contributed by atoms with Gasteiger partial charge in [0.1, 0.15) is 0 Å². The molecule has 0 atom stereocenters. The van der Waals surface area contributed by atoms with Gasteiger partial charge in [-0.15, -0.1) is 0 Å². The van der Waals surface area contributed by atoms with Gasteiger partial charge in [-0.2, -0.15) is 5.10 Å². The second kappa shape index (κ2) is 8.19. The van der Waals surface area contributed by atoms with Gasteiger partial charge in [-0.3, -0.25) is 4.68 Å². The predicted octanol–water partition coefficient (Wildman–Crippen LogP) is 4.32. The van der Waals surface area contributed by atoms with Crippen LogP contribution in [-0.4, -0.2) is 22.9 Å². The van der Waals surface area contributed by atoms with Crippen LogP contribution in [0.1, 0.15) is 59.4 Å². The Balaban J connectivity index is 2.68. The Bertz CT molecular complexity index is 435. The first-order valence-corrected chi connectivity index (χ1v) is 8.63. The van der Waals surface area contributed by atoms with Gasteiger partial charge in [-0.05, 0) is 50.6 Å². The summed E-state index contributed by atoms with van der Waals surface area (Å²) in [7, 11) is 0. The molecule has 0 fully saturated rings. The van der Waals surface area contributed by atoms with E-state index in [-0.39, 0.29) is 5.41 Å². The standard InChI is InChI=1S/C17H32ClN3/c1-7-14-16(18)15(21(8-2)20-14)11-17(5,6)9-10-19-12-13(3)4/h13,19H,7-12H2,1-6H3. The van der Waals surface area contributed by atoms with Gasteiger partial charge in [0.2, 0.25) is 0 Å². The Morgan fingerprint density at radius 2 is 1.95 bits per heavy atom. The molecule has 0 saturated carbocycles. The van der Waals surface area contributed by atoms with Crippen LogP contribution in [0.4, 0.5) is 0 Å². The average molecular weight is 314 g/mol. The van der Waals surface area contributed by atoms with Crippen LogP contribution in [0.3, 0.4) is 0 Å². The van der Waals surface area contributed by atoms with Crippen molar-refractivity contribution in [1.29, 1.82) is 0 Å². The van der Waals surface area contributed by atoms with Crippen LogP contribution in [-0.2, 0) is 19.4 Å². The van der Waals surface area contributed by atoms with Crippen LogP contribution in [0, 0.1) is 11.3 Å². The summed E-state index contributed by atoms with van der Waals surface area (Å²) in [4.78, 5) is 0. The first-order chi connectivity index (χ1) is 9.80. The molecule has 1 rings (SSSR count). The molecule has 0 bridgehead atoms. The summed E-state index contributed by atoms with van der Waals surface area (Å²) < 4.78 is 2.07. The lowest BCUT2D eigenvalue weighted by Crippen LogP contribution is -2.27. The molecule has 0 saturated heterocycles. The van der Waals surface area contributed by atoms with Crippen LogP contribution in [0.5, 0.6) is 0 Å². The minimum Gasteiger partial charge on any atom is -0.316 e. The van der Waals surface area contributed by atoms with Gasteiger partial charge in [0.15, 0.2) is 0 Å². The van der Waals surface area contributed by atoms with E-state index in [2.05, 4.69) is 56.6 Å². The van der Waals surface area contributed by atoms with Crippen molar-refractivity contribution in [3.63, 3.8) is 0 Å². The molecule has 0 aliphatic heterocycles. The summed E-state index contributed by atoms with van der Waals surface area (Å²) in [6, 6.07) is 0. The van der Waals surface area contributed by atoms with Crippen LogP contribution in [0.15, 0.2) is 0 Å². The molecule has 21 heavy (non-hydrogen) atoms. The number of hydrogen-bond acceptors (Lipinski definition) is 2. The highest BCUT2D eigenvalue weighted by atomic mass is 35.5. The maximum absolute atomic E-state index is 6.52. The molecule has 0 spiro atoms. The molecule has 1 N–H and O–H groups in total. The summed E-state index contributed by atoms with van der Waals surface area (Å²) in [6.07, 6.45) is 3.03. The Morgan fingerprint density at radius 1 is 1.29 bits per heavy atom. The van der Waals surface area contributed by atoms with Crippen molar-refractivity contribution >= 4 is 11.6 Å². The van der Waals surface area contributed by atoms with E-state index in [9.17, 15) is 0 Å². The Labute approximate surface area is 135 Å². The maximum atomic E-state index is 6.52. The molecule has 0 amide bonds. The molecule has 1 aromatic rings. The van der Waals surface area contributed by atoms with E-state index in [1.807, 2.05) is 0 Å². The third-order valence-corrected chi connectivity index (χ3v) is 4.31. The number of rotatable bonds is 9. The molecular formula is C17H32ClN3. The lowest BCUT2D eigenvalue weighted by atomic mass is 9.84. The molecule has 0 radical (unpaired) electrons.